The number of rotatable bonds is 4. The van der Waals surface area contributed by atoms with Crippen LogP contribution in [0.2, 0.25) is 0 Å². The fourth-order valence-corrected chi connectivity index (χ4v) is 1.96. The number of aliphatic hydroxyl groups excluding tert-OH is 2. The van der Waals surface area contributed by atoms with Crippen molar-refractivity contribution in [2.75, 3.05) is 13.7 Å². The first-order valence-electron chi connectivity index (χ1n) is 4.99. The number of hydrogen-bond donors (Lipinski definition) is 3. The van der Waals surface area contributed by atoms with E-state index in [1.165, 1.54) is 7.11 Å². The molecule has 10 heteroatoms. The summed E-state index contributed by atoms with van der Waals surface area (Å²) >= 11 is 0. The van der Waals surface area contributed by atoms with E-state index >= 15 is 0 Å². The van der Waals surface area contributed by atoms with Crippen LogP contribution in [0.15, 0.2) is 0 Å². The van der Waals surface area contributed by atoms with Crippen molar-refractivity contribution in [2.45, 2.75) is 31.5 Å². The Balaban J connectivity index is 0.00000289. The second-order valence-electron chi connectivity index (χ2n) is 3.88. The van der Waals surface area contributed by atoms with Gasteiger partial charge in [-0.1, -0.05) is 6.92 Å². The zero-order valence-electron chi connectivity index (χ0n) is 10.4. The quantitative estimate of drug-likeness (QED) is 0.348. The van der Waals surface area contributed by atoms with Gasteiger partial charge in [0.25, 0.3) is 7.82 Å². The van der Waals surface area contributed by atoms with E-state index in [0.29, 0.717) is 0 Å². The molecule has 8 nitrogen and oxygen atoms in total. The number of hydrogen-bond acceptors (Lipinski definition) is 7. The molecule has 3 unspecified atom stereocenters. The first kappa shape index (κ1) is 18.9. The molecule has 1 saturated heterocycles. The molecule has 0 aromatic heterocycles. The minimum absolute atomic E-state index is 0. The Labute approximate surface area is 127 Å². The van der Waals surface area contributed by atoms with Crippen molar-refractivity contribution in [1.29, 1.82) is 0 Å². The van der Waals surface area contributed by atoms with E-state index in [-0.39, 0.29) is 29.6 Å². The number of aliphatic hydroxyl groups is 2. The van der Waals surface area contributed by atoms with Gasteiger partial charge in [0.2, 0.25) is 0 Å². The van der Waals surface area contributed by atoms with Crippen molar-refractivity contribution in [3.05, 3.63) is 0 Å². The van der Waals surface area contributed by atoms with E-state index in [1.807, 2.05) is 0 Å². The summed E-state index contributed by atoms with van der Waals surface area (Å²) in [5.74, 6) is -0.567. The molecule has 102 valence electrons. The molecule has 0 aliphatic carbocycles. The van der Waals surface area contributed by atoms with Crippen LogP contribution in [-0.4, -0.2) is 53.4 Å². The van der Waals surface area contributed by atoms with Crippen LogP contribution in [0, 0.1) is 5.92 Å². The molecule has 0 amide bonds. The molecule has 1 aliphatic rings. The summed E-state index contributed by atoms with van der Waals surface area (Å²) in [6, 6.07) is 0. The van der Waals surface area contributed by atoms with Crippen molar-refractivity contribution in [3.8, 4) is 0 Å². The summed E-state index contributed by atoms with van der Waals surface area (Å²) in [5.41, 5.74) is 0. The van der Waals surface area contributed by atoms with Crippen LogP contribution in [0.3, 0.4) is 0 Å². The predicted octanol–water partition coefficient (Wildman–Crippen LogP) is -4.80. The van der Waals surface area contributed by atoms with Crippen LogP contribution < -0.4 is 34.5 Å². The van der Waals surface area contributed by atoms with Gasteiger partial charge in [-0.3, -0.25) is 4.57 Å². The fraction of sp³-hybridized carbons (Fsp3) is 1.00. The standard InChI is InChI=1S/C8H17O8P.Na/c1-4-5(3-15-17(11,12)13)16-8(14-2)7(10)6(4)9;/h4-10H,3H2,1-2H3,(H2,11,12,13);/q;+1/p-1/t4-,5?,6+,7?,8-;/m0./s1. The normalized spacial score (nSPS) is 39.8. The molecule has 0 spiro atoms. The van der Waals surface area contributed by atoms with E-state index < -0.39 is 44.9 Å². The Morgan fingerprint density at radius 3 is 2.39 bits per heavy atom. The molecule has 0 bridgehead atoms. The van der Waals surface area contributed by atoms with Crippen molar-refractivity contribution in [1.82, 2.24) is 0 Å². The van der Waals surface area contributed by atoms with Crippen LogP contribution in [-0.2, 0) is 18.6 Å². The van der Waals surface area contributed by atoms with Gasteiger partial charge >= 0.3 is 29.6 Å². The van der Waals surface area contributed by atoms with Gasteiger partial charge in [0.15, 0.2) is 6.29 Å². The average molecular weight is 294 g/mol. The first-order chi connectivity index (χ1) is 7.76. The Morgan fingerprint density at radius 2 is 1.94 bits per heavy atom. The SMILES string of the molecule is CO[C@H]1OC(COP(=O)([O-])O)[C@H](C)[C@@H](O)C1O.[Na+]. The average Bonchev–Trinajstić information content (AvgIpc) is 2.24. The maximum Gasteiger partial charge on any atom is 1.00 e. The number of methoxy groups -OCH3 is 1. The van der Waals surface area contributed by atoms with Gasteiger partial charge in [-0.25, -0.2) is 0 Å². The van der Waals surface area contributed by atoms with Gasteiger partial charge in [-0.2, -0.15) is 0 Å². The maximum atomic E-state index is 10.4. The second-order valence-corrected chi connectivity index (χ2v) is 5.08. The second kappa shape index (κ2) is 7.66. The van der Waals surface area contributed by atoms with Gasteiger partial charge < -0.3 is 34.0 Å². The summed E-state index contributed by atoms with van der Waals surface area (Å²) in [5, 5.41) is 19.2. The van der Waals surface area contributed by atoms with Gasteiger partial charge in [0.05, 0.1) is 18.8 Å². The Morgan fingerprint density at radius 1 is 1.39 bits per heavy atom. The van der Waals surface area contributed by atoms with Crippen LogP contribution in [0.5, 0.6) is 0 Å². The Kier molecular flexibility index (Phi) is 8.06. The summed E-state index contributed by atoms with van der Waals surface area (Å²) < 4.78 is 24.6. The Hall–Kier alpha value is 0.950. The molecule has 1 aliphatic heterocycles. The van der Waals surface area contributed by atoms with E-state index in [2.05, 4.69) is 4.52 Å². The van der Waals surface area contributed by atoms with Crippen molar-refractivity contribution < 1.29 is 68.1 Å². The zero-order valence-corrected chi connectivity index (χ0v) is 13.3. The molecule has 18 heavy (non-hydrogen) atoms. The smallest absolute Gasteiger partial charge is 0.756 e. The molecule has 0 aromatic rings. The summed E-state index contributed by atoms with van der Waals surface area (Å²) in [6.45, 7) is 1.10. The third kappa shape index (κ3) is 5.15. The number of ether oxygens (including phenoxy) is 2. The fourth-order valence-electron chi connectivity index (χ4n) is 1.62. The monoisotopic (exact) mass is 294 g/mol. The van der Waals surface area contributed by atoms with Crippen LogP contribution in [0.25, 0.3) is 0 Å². The van der Waals surface area contributed by atoms with E-state index in [1.54, 1.807) is 6.92 Å². The van der Waals surface area contributed by atoms with Crippen LogP contribution >= 0.6 is 7.82 Å². The zero-order chi connectivity index (χ0) is 13.2. The van der Waals surface area contributed by atoms with Gasteiger partial charge in [0.1, 0.15) is 6.10 Å². The molecule has 1 fully saturated rings. The molecule has 0 aromatic carbocycles. The van der Waals surface area contributed by atoms with Crippen molar-refractivity contribution in [3.63, 3.8) is 0 Å². The van der Waals surface area contributed by atoms with Crippen molar-refractivity contribution in [2.24, 2.45) is 5.92 Å². The third-order valence-electron chi connectivity index (χ3n) is 2.70. The molecule has 0 radical (unpaired) electrons. The van der Waals surface area contributed by atoms with Crippen molar-refractivity contribution >= 4 is 7.82 Å². The third-order valence-corrected chi connectivity index (χ3v) is 3.17. The molecule has 1 rings (SSSR count). The number of phosphoric acid groups is 1. The van der Waals surface area contributed by atoms with E-state index in [9.17, 15) is 19.7 Å². The first-order valence-corrected chi connectivity index (χ1v) is 6.48. The minimum atomic E-state index is -4.84. The van der Waals surface area contributed by atoms with Gasteiger partial charge in [-0.05, 0) is 0 Å². The van der Waals surface area contributed by atoms with E-state index in [0.717, 1.165) is 0 Å². The summed E-state index contributed by atoms with van der Waals surface area (Å²) in [4.78, 5) is 18.9. The molecule has 6 atom stereocenters. The molecule has 3 N–H and O–H groups in total. The summed E-state index contributed by atoms with van der Waals surface area (Å²) in [7, 11) is -3.56. The maximum absolute atomic E-state index is 10.4. The molecule has 0 saturated carbocycles. The Bertz CT molecular complexity index is 295. The molecule has 1 heterocycles. The molecular formula is C8H16NaO8P. The van der Waals surface area contributed by atoms with Gasteiger partial charge in [-0.15, -0.1) is 0 Å². The molecular weight excluding hydrogens is 278 g/mol. The van der Waals surface area contributed by atoms with Crippen LogP contribution in [0.1, 0.15) is 6.92 Å². The van der Waals surface area contributed by atoms with Gasteiger partial charge in [0, 0.05) is 13.0 Å². The largest absolute Gasteiger partial charge is 1.00 e. The predicted molar refractivity (Wildman–Crippen MR) is 52.6 cm³/mol. The topological polar surface area (TPSA) is 129 Å². The van der Waals surface area contributed by atoms with Crippen LogP contribution in [0.4, 0.5) is 0 Å². The number of phosphoric ester groups is 1. The summed E-state index contributed by atoms with van der Waals surface area (Å²) in [6.07, 6.45) is -4.24. The minimum Gasteiger partial charge on any atom is -0.756 e. The van der Waals surface area contributed by atoms with E-state index in [4.69, 9.17) is 14.4 Å².